The van der Waals surface area contributed by atoms with Crippen LogP contribution in [0.5, 0.6) is 0 Å². The van der Waals surface area contributed by atoms with E-state index in [9.17, 15) is 4.79 Å². The van der Waals surface area contributed by atoms with Gasteiger partial charge >= 0.3 is 0 Å². The summed E-state index contributed by atoms with van der Waals surface area (Å²) in [6.07, 6.45) is 0. The minimum atomic E-state index is -0.214. The molecule has 3 aromatic carbocycles. The van der Waals surface area contributed by atoms with Gasteiger partial charge in [-0.1, -0.05) is 30.3 Å². The van der Waals surface area contributed by atoms with E-state index in [1.165, 1.54) is 0 Å². The van der Waals surface area contributed by atoms with E-state index in [2.05, 4.69) is 35.5 Å². The van der Waals surface area contributed by atoms with Crippen LogP contribution in [-0.4, -0.2) is 36.1 Å². The molecule has 30 heavy (non-hydrogen) atoms. The fraction of sp³-hybridized carbons (Fsp3) is 0.0455. The van der Waals surface area contributed by atoms with E-state index >= 15 is 0 Å². The van der Waals surface area contributed by atoms with Gasteiger partial charge in [0.1, 0.15) is 5.82 Å². The fourth-order valence-electron chi connectivity index (χ4n) is 3.47. The first-order valence-electron chi connectivity index (χ1n) is 9.39. The van der Waals surface area contributed by atoms with E-state index in [0.29, 0.717) is 17.1 Å². The quantitative estimate of drug-likeness (QED) is 0.482. The maximum absolute atomic E-state index is 12.8. The third-order valence-corrected chi connectivity index (χ3v) is 4.82. The number of anilines is 1. The van der Waals surface area contributed by atoms with Crippen LogP contribution in [0.15, 0.2) is 72.8 Å². The number of fused-ring (bicyclic) bond motifs is 1. The van der Waals surface area contributed by atoms with E-state index in [1.54, 1.807) is 18.2 Å². The summed E-state index contributed by atoms with van der Waals surface area (Å²) in [6.45, 7) is 1.95. The molecule has 2 heterocycles. The molecule has 2 aromatic heterocycles. The van der Waals surface area contributed by atoms with Crippen LogP contribution in [0.3, 0.4) is 0 Å². The Morgan fingerprint density at radius 3 is 2.67 bits per heavy atom. The van der Waals surface area contributed by atoms with Crippen molar-refractivity contribution in [3.05, 3.63) is 84.2 Å². The number of tetrazole rings is 1. The number of hydrogen-bond acceptors (Lipinski definition) is 5. The van der Waals surface area contributed by atoms with Gasteiger partial charge in [0.2, 0.25) is 5.82 Å². The third-order valence-electron chi connectivity index (χ3n) is 4.82. The Balaban J connectivity index is 1.44. The van der Waals surface area contributed by atoms with Gasteiger partial charge in [0, 0.05) is 22.5 Å². The first-order chi connectivity index (χ1) is 14.7. The number of H-pyrrole nitrogens is 1. The van der Waals surface area contributed by atoms with E-state index in [0.717, 1.165) is 28.1 Å². The summed E-state index contributed by atoms with van der Waals surface area (Å²) in [5.41, 5.74) is 4.69. The smallest absolute Gasteiger partial charge is 0.255 e. The summed E-state index contributed by atoms with van der Waals surface area (Å²) in [4.78, 5) is 17.5. The first-order valence-corrected chi connectivity index (χ1v) is 9.39. The minimum Gasteiger partial charge on any atom is -0.322 e. The third kappa shape index (κ3) is 3.20. The number of carbonyl (C=O) groups is 1. The number of para-hydroxylation sites is 1. The fourth-order valence-corrected chi connectivity index (χ4v) is 3.47. The molecule has 0 saturated carbocycles. The van der Waals surface area contributed by atoms with E-state index in [-0.39, 0.29) is 5.91 Å². The predicted molar refractivity (Wildman–Crippen MR) is 113 cm³/mol. The van der Waals surface area contributed by atoms with Crippen LogP contribution in [-0.2, 0) is 0 Å². The largest absolute Gasteiger partial charge is 0.322 e. The SMILES string of the molecule is Cc1nc2cc(C(=O)Nc3cccc(-c4nn[nH]n4)c3)ccc2n1-c1ccccc1. The lowest BCUT2D eigenvalue weighted by Crippen LogP contribution is -2.11. The first kappa shape index (κ1) is 17.7. The Bertz CT molecular complexity index is 1340. The molecule has 5 rings (SSSR count). The summed E-state index contributed by atoms with van der Waals surface area (Å²) >= 11 is 0. The van der Waals surface area contributed by atoms with Crippen molar-refractivity contribution < 1.29 is 4.79 Å². The number of benzene rings is 3. The highest BCUT2D eigenvalue weighted by Crippen LogP contribution is 2.23. The molecule has 0 atom stereocenters. The number of nitrogens with zero attached hydrogens (tertiary/aromatic N) is 5. The highest BCUT2D eigenvalue weighted by molar-refractivity contribution is 6.06. The van der Waals surface area contributed by atoms with Crippen molar-refractivity contribution >= 4 is 22.6 Å². The summed E-state index contributed by atoms with van der Waals surface area (Å²) in [5, 5.41) is 16.8. The molecule has 0 aliphatic carbocycles. The summed E-state index contributed by atoms with van der Waals surface area (Å²) < 4.78 is 2.07. The van der Waals surface area contributed by atoms with Crippen molar-refractivity contribution in [3.63, 3.8) is 0 Å². The summed E-state index contributed by atoms with van der Waals surface area (Å²) in [5.74, 6) is 1.12. The van der Waals surface area contributed by atoms with Gasteiger partial charge in [-0.3, -0.25) is 9.36 Å². The molecule has 1 amide bonds. The second-order valence-corrected chi connectivity index (χ2v) is 6.80. The number of carbonyl (C=O) groups excluding carboxylic acids is 1. The number of hydrogen-bond donors (Lipinski definition) is 2. The summed E-state index contributed by atoms with van der Waals surface area (Å²) in [6, 6.07) is 22.9. The molecular weight excluding hydrogens is 378 g/mol. The van der Waals surface area contributed by atoms with Crippen LogP contribution in [0.4, 0.5) is 5.69 Å². The predicted octanol–water partition coefficient (Wildman–Crippen LogP) is 3.77. The standard InChI is InChI=1S/C22H17N7O/c1-14-23-19-13-16(10-11-20(19)29(14)18-8-3-2-4-9-18)22(30)24-17-7-5-6-15(12-17)21-25-27-28-26-21/h2-13H,1H3,(H,24,30)(H,25,26,27,28). The second kappa shape index (κ2) is 7.25. The molecule has 0 bridgehead atoms. The van der Waals surface area contributed by atoms with Crippen LogP contribution in [0, 0.1) is 6.92 Å². The zero-order chi connectivity index (χ0) is 20.5. The maximum Gasteiger partial charge on any atom is 0.255 e. The Morgan fingerprint density at radius 1 is 1.00 bits per heavy atom. The molecule has 146 valence electrons. The number of rotatable bonds is 4. The monoisotopic (exact) mass is 395 g/mol. The normalized spacial score (nSPS) is 11.0. The Kier molecular flexibility index (Phi) is 4.29. The maximum atomic E-state index is 12.8. The molecule has 0 spiro atoms. The highest BCUT2D eigenvalue weighted by Gasteiger charge is 2.13. The van der Waals surface area contributed by atoms with E-state index in [4.69, 9.17) is 0 Å². The average Bonchev–Trinajstić information content (AvgIpc) is 3.41. The van der Waals surface area contributed by atoms with Crippen LogP contribution < -0.4 is 5.32 Å². The van der Waals surface area contributed by atoms with Crippen molar-refractivity contribution in [1.82, 2.24) is 30.2 Å². The zero-order valence-corrected chi connectivity index (χ0v) is 16.1. The molecule has 0 aliphatic heterocycles. The van der Waals surface area contributed by atoms with Gasteiger partial charge < -0.3 is 5.32 Å². The van der Waals surface area contributed by atoms with Crippen LogP contribution in [0.2, 0.25) is 0 Å². The molecule has 0 radical (unpaired) electrons. The van der Waals surface area contributed by atoms with Crippen molar-refractivity contribution in [1.29, 1.82) is 0 Å². The van der Waals surface area contributed by atoms with Crippen molar-refractivity contribution in [3.8, 4) is 17.1 Å². The molecule has 8 nitrogen and oxygen atoms in total. The molecule has 0 saturated heterocycles. The topological polar surface area (TPSA) is 101 Å². The van der Waals surface area contributed by atoms with E-state index < -0.39 is 0 Å². The lowest BCUT2D eigenvalue weighted by atomic mass is 10.1. The molecule has 0 aliphatic rings. The number of aromatic amines is 1. The van der Waals surface area contributed by atoms with Gasteiger partial charge in [-0.25, -0.2) is 4.98 Å². The number of nitrogens with one attached hydrogen (secondary N) is 2. The molecule has 2 N–H and O–H groups in total. The highest BCUT2D eigenvalue weighted by atomic mass is 16.1. The number of aryl methyl sites for hydroxylation is 1. The van der Waals surface area contributed by atoms with E-state index in [1.807, 2.05) is 61.5 Å². The molecule has 0 unspecified atom stereocenters. The van der Waals surface area contributed by atoms with Gasteiger partial charge in [-0.15, -0.1) is 10.2 Å². The molecule has 0 fully saturated rings. The Morgan fingerprint density at radius 2 is 1.87 bits per heavy atom. The van der Waals surface area contributed by atoms with Crippen LogP contribution in [0.1, 0.15) is 16.2 Å². The molecular formula is C22H17N7O. The van der Waals surface area contributed by atoms with Crippen LogP contribution >= 0.6 is 0 Å². The number of aromatic nitrogens is 6. The number of amides is 1. The Labute approximate surface area is 171 Å². The van der Waals surface area contributed by atoms with Crippen molar-refractivity contribution in [2.45, 2.75) is 6.92 Å². The Hall–Kier alpha value is -4.33. The van der Waals surface area contributed by atoms with Gasteiger partial charge in [-0.2, -0.15) is 5.21 Å². The average molecular weight is 395 g/mol. The summed E-state index contributed by atoms with van der Waals surface area (Å²) in [7, 11) is 0. The van der Waals surface area contributed by atoms with Gasteiger partial charge in [0.05, 0.1) is 11.0 Å². The minimum absolute atomic E-state index is 0.214. The van der Waals surface area contributed by atoms with Gasteiger partial charge in [0.15, 0.2) is 0 Å². The lowest BCUT2D eigenvalue weighted by molar-refractivity contribution is 0.102. The van der Waals surface area contributed by atoms with Gasteiger partial charge in [0.25, 0.3) is 5.91 Å². The lowest BCUT2D eigenvalue weighted by Gasteiger charge is -2.08. The molecule has 5 aromatic rings. The zero-order valence-electron chi connectivity index (χ0n) is 16.1. The second-order valence-electron chi connectivity index (χ2n) is 6.80. The van der Waals surface area contributed by atoms with Crippen molar-refractivity contribution in [2.75, 3.05) is 5.32 Å². The number of imidazole rings is 1. The molecule has 8 heteroatoms. The van der Waals surface area contributed by atoms with Gasteiger partial charge in [-0.05, 0) is 54.6 Å². The van der Waals surface area contributed by atoms with Crippen molar-refractivity contribution in [2.24, 2.45) is 0 Å². The van der Waals surface area contributed by atoms with Crippen LogP contribution in [0.25, 0.3) is 28.1 Å².